The van der Waals surface area contributed by atoms with Crippen molar-refractivity contribution >= 4 is 0 Å². The molecule has 0 aliphatic rings. The first-order valence-electron chi connectivity index (χ1n) is 14.3. The molecule has 0 heterocycles. The number of rotatable bonds is 15. The molecule has 202 valence electrons. The molecule has 0 aromatic rings. The van der Waals surface area contributed by atoms with Crippen LogP contribution in [-0.2, 0) is 0 Å². The van der Waals surface area contributed by atoms with Crippen molar-refractivity contribution in [2.45, 2.75) is 141 Å². The molecule has 0 bridgehead atoms. The van der Waals surface area contributed by atoms with Crippen molar-refractivity contribution in [2.24, 2.45) is 11.8 Å². The normalized spacial score (nSPS) is 13.9. The van der Waals surface area contributed by atoms with Crippen molar-refractivity contribution in [1.29, 1.82) is 0 Å². The van der Waals surface area contributed by atoms with Gasteiger partial charge in [0.25, 0.3) is 0 Å². The van der Waals surface area contributed by atoms with Crippen LogP contribution >= 0.6 is 0 Å². The molecule has 1 atom stereocenters. The van der Waals surface area contributed by atoms with Gasteiger partial charge in [-0.2, -0.15) is 0 Å². The zero-order valence-corrected chi connectivity index (χ0v) is 26.0. The predicted octanol–water partition coefficient (Wildman–Crippen LogP) is 12.5. The molecular weight excluding hydrogens is 420 g/mol. The standard InChI is InChI=1S/C19H34.C16H28/c1-15(2)10-8-11-17(5)12-9-13-18(6)14-19(7)16(3)4;1-6-9-15(4)12-8-13-16(5)11-7-10-14(2)3/h10,12,14,16,19H,8-9,11,13H2,1-7H3;9-10,13H,6-8,11-12H2,1-5H3/b17-12+,18-14+;15-9+,16-13+. The van der Waals surface area contributed by atoms with Gasteiger partial charge >= 0.3 is 0 Å². The second-order valence-electron chi connectivity index (χ2n) is 11.4. The summed E-state index contributed by atoms with van der Waals surface area (Å²) < 4.78 is 0. The van der Waals surface area contributed by atoms with E-state index in [1.807, 2.05) is 0 Å². The maximum atomic E-state index is 2.44. The van der Waals surface area contributed by atoms with Gasteiger partial charge in [-0.05, 0) is 125 Å². The van der Waals surface area contributed by atoms with E-state index in [-0.39, 0.29) is 0 Å². The predicted molar refractivity (Wildman–Crippen MR) is 165 cm³/mol. The van der Waals surface area contributed by atoms with Crippen LogP contribution in [0.2, 0.25) is 0 Å². The number of hydrogen-bond donors (Lipinski definition) is 0. The molecule has 0 amide bonds. The smallest absolute Gasteiger partial charge is 0.0236 e. The van der Waals surface area contributed by atoms with Crippen LogP contribution in [0, 0.1) is 11.8 Å². The second-order valence-corrected chi connectivity index (χ2v) is 11.4. The maximum absolute atomic E-state index is 2.44. The Morgan fingerprint density at radius 3 is 1.17 bits per heavy atom. The van der Waals surface area contributed by atoms with Crippen molar-refractivity contribution in [1.82, 2.24) is 0 Å². The van der Waals surface area contributed by atoms with Crippen LogP contribution in [0.5, 0.6) is 0 Å². The summed E-state index contributed by atoms with van der Waals surface area (Å²) >= 11 is 0. The molecule has 0 aliphatic carbocycles. The van der Waals surface area contributed by atoms with Gasteiger partial charge in [0.2, 0.25) is 0 Å². The summed E-state index contributed by atoms with van der Waals surface area (Å²) in [7, 11) is 0. The molecule has 0 heteroatoms. The number of allylic oxidation sites excluding steroid dienone is 12. The molecule has 0 nitrogen and oxygen atoms in total. The lowest BCUT2D eigenvalue weighted by molar-refractivity contribution is 0.500. The fourth-order valence-electron chi connectivity index (χ4n) is 3.65. The van der Waals surface area contributed by atoms with E-state index in [0.717, 1.165) is 12.3 Å². The van der Waals surface area contributed by atoms with E-state index in [4.69, 9.17) is 0 Å². The van der Waals surface area contributed by atoms with Gasteiger partial charge < -0.3 is 0 Å². The van der Waals surface area contributed by atoms with E-state index >= 15 is 0 Å². The van der Waals surface area contributed by atoms with E-state index in [2.05, 4.69) is 120 Å². The lowest BCUT2D eigenvalue weighted by Crippen LogP contribution is -2.00. The van der Waals surface area contributed by atoms with Crippen LogP contribution in [0.4, 0.5) is 0 Å². The first-order chi connectivity index (χ1) is 16.4. The van der Waals surface area contributed by atoms with Gasteiger partial charge in [-0.15, -0.1) is 0 Å². The highest BCUT2D eigenvalue weighted by Gasteiger charge is 2.03. The first-order valence-corrected chi connectivity index (χ1v) is 14.3. The zero-order valence-electron chi connectivity index (χ0n) is 26.0. The molecule has 35 heavy (non-hydrogen) atoms. The highest BCUT2D eigenvalue weighted by atomic mass is 14.1. The fraction of sp³-hybridized carbons (Fsp3) is 0.657. The Balaban J connectivity index is 0. The van der Waals surface area contributed by atoms with Crippen LogP contribution in [0.3, 0.4) is 0 Å². The van der Waals surface area contributed by atoms with Crippen molar-refractivity contribution in [3.63, 3.8) is 0 Å². The Morgan fingerprint density at radius 2 is 0.829 bits per heavy atom. The van der Waals surface area contributed by atoms with Gasteiger partial charge in [0.15, 0.2) is 0 Å². The molecule has 0 saturated carbocycles. The first kappa shape index (κ1) is 35.6. The molecule has 0 N–H and O–H groups in total. The summed E-state index contributed by atoms with van der Waals surface area (Å²) in [4.78, 5) is 0. The van der Waals surface area contributed by atoms with E-state index in [1.54, 1.807) is 0 Å². The Hall–Kier alpha value is -1.56. The summed E-state index contributed by atoms with van der Waals surface area (Å²) in [6.07, 6.45) is 25.0. The monoisotopic (exact) mass is 482 g/mol. The second kappa shape index (κ2) is 22.9. The summed E-state index contributed by atoms with van der Waals surface area (Å²) in [5.74, 6) is 1.44. The minimum Gasteiger partial charge on any atom is -0.0859 e. The van der Waals surface area contributed by atoms with E-state index < -0.39 is 0 Å². The molecule has 0 saturated heterocycles. The highest BCUT2D eigenvalue weighted by molar-refractivity contribution is 5.07. The Labute approximate surface area is 222 Å². The van der Waals surface area contributed by atoms with Crippen LogP contribution in [0.1, 0.15) is 141 Å². The minimum atomic E-state index is 0.697. The average molecular weight is 483 g/mol. The fourth-order valence-corrected chi connectivity index (χ4v) is 3.65. The lowest BCUT2D eigenvalue weighted by Gasteiger charge is -2.12. The van der Waals surface area contributed by atoms with Crippen LogP contribution in [0.15, 0.2) is 69.9 Å². The molecule has 0 aliphatic heterocycles. The van der Waals surface area contributed by atoms with Gasteiger partial charge in [0, 0.05) is 0 Å². The summed E-state index contributed by atoms with van der Waals surface area (Å²) in [6, 6.07) is 0. The van der Waals surface area contributed by atoms with Crippen LogP contribution in [0.25, 0.3) is 0 Å². The minimum absolute atomic E-state index is 0.697. The van der Waals surface area contributed by atoms with Gasteiger partial charge in [-0.1, -0.05) is 97.6 Å². The van der Waals surface area contributed by atoms with Gasteiger partial charge in [-0.25, -0.2) is 0 Å². The quantitative estimate of drug-likeness (QED) is 0.203. The maximum Gasteiger partial charge on any atom is -0.0236 e. The van der Waals surface area contributed by atoms with E-state index in [0.29, 0.717) is 5.92 Å². The van der Waals surface area contributed by atoms with Crippen molar-refractivity contribution < 1.29 is 0 Å². The third kappa shape index (κ3) is 26.9. The molecule has 0 spiro atoms. The summed E-state index contributed by atoms with van der Waals surface area (Å²) in [5.41, 5.74) is 8.97. The number of hydrogen-bond acceptors (Lipinski definition) is 0. The highest BCUT2D eigenvalue weighted by Crippen LogP contribution is 2.17. The molecule has 0 aromatic heterocycles. The van der Waals surface area contributed by atoms with Crippen LogP contribution in [-0.4, -0.2) is 0 Å². The SMILES string of the molecule is CC(C)=CCC/C(C)=C/CC/C(C)=C/C(C)C(C)C.CC/C=C(\C)CC/C=C(\C)CCC=C(C)C. The van der Waals surface area contributed by atoms with Crippen molar-refractivity contribution in [2.75, 3.05) is 0 Å². The largest absolute Gasteiger partial charge is 0.0859 e. The van der Waals surface area contributed by atoms with Gasteiger partial charge in [0.1, 0.15) is 0 Å². The molecular formula is C35H62. The zero-order chi connectivity index (χ0) is 27.2. The molecule has 0 fully saturated rings. The third-order valence-corrected chi connectivity index (χ3v) is 6.40. The Bertz CT molecular complexity index is 707. The Morgan fingerprint density at radius 1 is 0.486 bits per heavy atom. The van der Waals surface area contributed by atoms with Crippen molar-refractivity contribution in [3.05, 3.63) is 69.9 Å². The average Bonchev–Trinajstić information content (AvgIpc) is 2.73. The van der Waals surface area contributed by atoms with E-state index in [9.17, 15) is 0 Å². The third-order valence-electron chi connectivity index (χ3n) is 6.40. The molecule has 0 aromatic carbocycles. The molecule has 0 rings (SSSR count). The lowest BCUT2D eigenvalue weighted by atomic mass is 9.94. The topological polar surface area (TPSA) is 0 Å². The molecule has 0 radical (unpaired) electrons. The Kier molecular flexibility index (Phi) is 23.3. The molecule has 1 unspecified atom stereocenters. The van der Waals surface area contributed by atoms with Gasteiger partial charge in [0.05, 0.1) is 0 Å². The van der Waals surface area contributed by atoms with Gasteiger partial charge in [-0.3, -0.25) is 0 Å². The van der Waals surface area contributed by atoms with Crippen LogP contribution < -0.4 is 0 Å². The summed E-state index contributed by atoms with van der Waals surface area (Å²) in [6.45, 7) is 26.8. The van der Waals surface area contributed by atoms with E-state index in [1.165, 1.54) is 84.8 Å². The van der Waals surface area contributed by atoms with Crippen molar-refractivity contribution in [3.8, 4) is 0 Å². The summed E-state index contributed by atoms with van der Waals surface area (Å²) in [5, 5.41) is 0.